The maximum atomic E-state index is 13.5. The molecule has 1 aromatic rings. The summed E-state index contributed by atoms with van der Waals surface area (Å²) >= 11 is 0. The minimum Gasteiger partial charge on any atom is -0.351 e. The molecule has 0 aliphatic heterocycles. The molecular weight excluding hydrogens is 231 g/mol. The highest BCUT2D eigenvalue weighted by Gasteiger charge is 2.17. The topological polar surface area (TPSA) is 41.1 Å². The van der Waals surface area contributed by atoms with Gasteiger partial charge in [0.25, 0.3) is 0 Å². The molecular formula is C14H19FN2O. The summed E-state index contributed by atoms with van der Waals surface area (Å²) in [5.41, 5.74) is 0.556. The van der Waals surface area contributed by atoms with Crippen LogP contribution < -0.4 is 10.6 Å². The maximum absolute atomic E-state index is 13.5. The van der Waals surface area contributed by atoms with E-state index in [-0.39, 0.29) is 23.8 Å². The summed E-state index contributed by atoms with van der Waals surface area (Å²) in [6.07, 6.45) is 1.62. The van der Waals surface area contributed by atoms with Gasteiger partial charge in [-0.05, 0) is 19.9 Å². The van der Waals surface area contributed by atoms with Crippen molar-refractivity contribution in [2.24, 2.45) is 0 Å². The van der Waals surface area contributed by atoms with E-state index in [0.29, 0.717) is 12.1 Å². The fourth-order valence-electron chi connectivity index (χ4n) is 1.69. The molecule has 0 fully saturated rings. The molecule has 0 aliphatic rings. The van der Waals surface area contributed by atoms with Gasteiger partial charge in [0.1, 0.15) is 5.82 Å². The number of nitrogens with one attached hydrogen (secondary N) is 2. The van der Waals surface area contributed by atoms with Crippen molar-refractivity contribution < 1.29 is 9.18 Å². The van der Waals surface area contributed by atoms with Crippen molar-refractivity contribution in [1.29, 1.82) is 0 Å². The minimum atomic E-state index is -0.389. The second-order valence-corrected chi connectivity index (χ2v) is 4.17. The summed E-state index contributed by atoms with van der Waals surface area (Å²) in [6, 6.07) is 5.93. The van der Waals surface area contributed by atoms with Crippen LogP contribution in [0, 0.1) is 5.82 Å². The zero-order valence-electron chi connectivity index (χ0n) is 10.7. The lowest BCUT2D eigenvalue weighted by atomic mass is 10.1. The Hall–Kier alpha value is -1.68. The minimum absolute atomic E-state index is 0.127. The van der Waals surface area contributed by atoms with E-state index in [2.05, 4.69) is 17.2 Å². The van der Waals surface area contributed by atoms with Gasteiger partial charge in [0.15, 0.2) is 0 Å². The highest BCUT2D eigenvalue weighted by atomic mass is 19.1. The quantitative estimate of drug-likeness (QED) is 0.760. The molecule has 0 saturated heterocycles. The van der Waals surface area contributed by atoms with Crippen molar-refractivity contribution in [2.45, 2.75) is 25.9 Å². The Labute approximate surface area is 107 Å². The van der Waals surface area contributed by atoms with Gasteiger partial charge in [0.2, 0.25) is 5.91 Å². The highest BCUT2D eigenvalue weighted by molar-refractivity contribution is 5.81. The van der Waals surface area contributed by atoms with Gasteiger partial charge >= 0.3 is 0 Å². The molecule has 0 heterocycles. The average Bonchev–Trinajstić information content (AvgIpc) is 2.36. The zero-order chi connectivity index (χ0) is 13.5. The number of carbonyl (C=O) groups excluding carboxylic acids is 1. The van der Waals surface area contributed by atoms with Crippen molar-refractivity contribution in [3.63, 3.8) is 0 Å². The average molecular weight is 250 g/mol. The maximum Gasteiger partial charge on any atom is 0.237 e. The van der Waals surface area contributed by atoms with Gasteiger partial charge in [-0.1, -0.05) is 24.3 Å². The van der Waals surface area contributed by atoms with Crippen LogP contribution in [0.4, 0.5) is 4.39 Å². The van der Waals surface area contributed by atoms with E-state index in [1.807, 2.05) is 6.92 Å². The third kappa shape index (κ3) is 3.96. The van der Waals surface area contributed by atoms with Crippen LogP contribution in [0.15, 0.2) is 36.9 Å². The van der Waals surface area contributed by atoms with E-state index in [1.165, 1.54) is 6.07 Å². The Morgan fingerprint density at radius 2 is 2.11 bits per heavy atom. The first-order valence-corrected chi connectivity index (χ1v) is 5.95. The van der Waals surface area contributed by atoms with Gasteiger partial charge in [-0.15, -0.1) is 6.58 Å². The molecule has 98 valence electrons. The molecule has 0 aliphatic carbocycles. The van der Waals surface area contributed by atoms with Crippen molar-refractivity contribution >= 4 is 5.91 Å². The molecule has 0 bridgehead atoms. The number of hydrogen-bond donors (Lipinski definition) is 2. The number of halogens is 1. The van der Waals surface area contributed by atoms with Crippen LogP contribution in [-0.2, 0) is 4.79 Å². The fourth-order valence-corrected chi connectivity index (χ4v) is 1.69. The largest absolute Gasteiger partial charge is 0.351 e. The molecule has 2 unspecified atom stereocenters. The summed E-state index contributed by atoms with van der Waals surface area (Å²) in [5.74, 6) is -0.394. The van der Waals surface area contributed by atoms with Gasteiger partial charge in [0.05, 0.1) is 6.04 Å². The summed E-state index contributed by atoms with van der Waals surface area (Å²) in [7, 11) is 0. The first kappa shape index (κ1) is 14.4. The van der Waals surface area contributed by atoms with Gasteiger partial charge in [-0.3, -0.25) is 10.1 Å². The summed E-state index contributed by atoms with van der Waals surface area (Å²) < 4.78 is 13.5. The molecule has 0 spiro atoms. The lowest BCUT2D eigenvalue weighted by molar-refractivity contribution is -0.122. The predicted octanol–water partition coefficient (Wildman–Crippen LogP) is 2.17. The number of carbonyl (C=O) groups is 1. The Morgan fingerprint density at radius 1 is 1.44 bits per heavy atom. The highest BCUT2D eigenvalue weighted by Crippen LogP contribution is 2.16. The third-order valence-electron chi connectivity index (χ3n) is 2.69. The van der Waals surface area contributed by atoms with E-state index < -0.39 is 0 Å². The molecule has 1 amide bonds. The third-order valence-corrected chi connectivity index (χ3v) is 2.69. The van der Waals surface area contributed by atoms with E-state index >= 15 is 0 Å². The van der Waals surface area contributed by atoms with Crippen LogP contribution in [0.5, 0.6) is 0 Å². The molecule has 0 radical (unpaired) electrons. The van der Waals surface area contributed by atoms with Crippen LogP contribution in [-0.4, -0.2) is 18.5 Å². The number of rotatable bonds is 6. The van der Waals surface area contributed by atoms with E-state index in [9.17, 15) is 9.18 Å². The zero-order valence-corrected chi connectivity index (χ0v) is 10.7. The summed E-state index contributed by atoms with van der Waals surface area (Å²) in [5, 5.41) is 5.75. The Morgan fingerprint density at radius 3 is 2.72 bits per heavy atom. The molecule has 0 saturated carbocycles. The van der Waals surface area contributed by atoms with Gasteiger partial charge in [-0.2, -0.15) is 0 Å². The number of benzene rings is 1. The summed E-state index contributed by atoms with van der Waals surface area (Å²) in [4.78, 5) is 11.6. The van der Waals surface area contributed by atoms with Crippen molar-refractivity contribution in [3.8, 4) is 0 Å². The molecule has 2 N–H and O–H groups in total. The molecule has 18 heavy (non-hydrogen) atoms. The normalized spacial score (nSPS) is 13.7. The van der Waals surface area contributed by atoms with Gasteiger partial charge in [-0.25, -0.2) is 4.39 Å². The molecule has 3 nitrogen and oxygen atoms in total. The van der Waals surface area contributed by atoms with Crippen molar-refractivity contribution in [3.05, 3.63) is 48.3 Å². The van der Waals surface area contributed by atoms with Crippen LogP contribution in [0.25, 0.3) is 0 Å². The first-order chi connectivity index (χ1) is 8.56. The lowest BCUT2D eigenvalue weighted by Gasteiger charge is -2.20. The van der Waals surface area contributed by atoms with Crippen LogP contribution in [0.1, 0.15) is 25.5 Å². The van der Waals surface area contributed by atoms with E-state index in [1.54, 1.807) is 31.2 Å². The van der Waals surface area contributed by atoms with Crippen LogP contribution in [0.3, 0.4) is 0 Å². The van der Waals surface area contributed by atoms with Crippen molar-refractivity contribution in [2.75, 3.05) is 6.54 Å². The fraction of sp³-hybridized carbons (Fsp3) is 0.357. The number of amides is 1. The molecule has 1 rings (SSSR count). The van der Waals surface area contributed by atoms with Crippen molar-refractivity contribution in [1.82, 2.24) is 10.6 Å². The molecule has 2 atom stereocenters. The number of hydrogen-bond acceptors (Lipinski definition) is 2. The second-order valence-electron chi connectivity index (χ2n) is 4.17. The monoisotopic (exact) mass is 250 g/mol. The second kappa shape index (κ2) is 6.91. The molecule has 1 aromatic carbocycles. The Bertz CT molecular complexity index is 420. The van der Waals surface area contributed by atoms with E-state index in [4.69, 9.17) is 0 Å². The summed E-state index contributed by atoms with van der Waals surface area (Å²) in [6.45, 7) is 7.53. The SMILES string of the molecule is C=CCNC(=O)C(C)NC(C)c1ccccc1F. The van der Waals surface area contributed by atoms with E-state index in [0.717, 1.165) is 0 Å². The van der Waals surface area contributed by atoms with Gasteiger partial charge < -0.3 is 5.32 Å². The Balaban J connectivity index is 2.59. The standard InChI is InChI=1S/C14H19FN2O/c1-4-9-16-14(18)11(3)17-10(2)12-7-5-6-8-13(12)15/h4-8,10-11,17H,1,9H2,2-3H3,(H,16,18). The van der Waals surface area contributed by atoms with Gasteiger partial charge in [0, 0.05) is 18.2 Å². The van der Waals surface area contributed by atoms with Crippen LogP contribution >= 0.6 is 0 Å². The van der Waals surface area contributed by atoms with Crippen LogP contribution in [0.2, 0.25) is 0 Å². The predicted molar refractivity (Wildman–Crippen MR) is 70.6 cm³/mol. The molecule has 4 heteroatoms. The molecule has 0 aromatic heterocycles. The smallest absolute Gasteiger partial charge is 0.237 e. The lowest BCUT2D eigenvalue weighted by Crippen LogP contribution is -2.43. The Kier molecular flexibility index (Phi) is 5.52. The first-order valence-electron chi connectivity index (χ1n) is 5.95.